The number of nitrogens with one attached hydrogen (secondary N) is 1. The van der Waals surface area contributed by atoms with Crippen LogP contribution in [0.25, 0.3) is 0 Å². The van der Waals surface area contributed by atoms with E-state index in [1.54, 1.807) is 32.4 Å². The van der Waals surface area contributed by atoms with Gasteiger partial charge in [-0.2, -0.15) is 0 Å². The number of hydrogen-bond acceptors (Lipinski definition) is 3. The number of ketones is 1. The van der Waals surface area contributed by atoms with Crippen molar-refractivity contribution in [3.8, 4) is 11.5 Å². The number of aromatic nitrogens is 1. The smallest absolute Gasteiger partial charge is 0.163 e. The summed E-state index contributed by atoms with van der Waals surface area (Å²) in [6.45, 7) is 0. The minimum Gasteiger partial charge on any atom is -0.493 e. The van der Waals surface area contributed by atoms with Crippen molar-refractivity contribution < 1.29 is 14.3 Å². The van der Waals surface area contributed by atoms with Crippen molar-refractivity contribution in [2.24, 2.45) is 0 Å². The molecule has 1 N–H and O–H groups in total. The highest BCUT2D eigenvalue weighted by Gasteiger charge is 2.11. The molecule has 0 saturated heterocycles. The number of carbonyl (C=O) groups is 1. The predicted molar refractivity (Wildman–Crippen MR) is 73.0 cm³/mol. The molecule has 4 heteroatoms. The predicted octanol–water partition coefficient (Wildman–Crippen LogP) is 2.85. The van der Waals surface area contributed by atoms with Crippen molar-refractivity contribution >= 4 is 5.78 Å². The molecule has 2 aromatic rings. The molecule has 19 heavy (non-hydrogen) atoms. The SMILES string of the molecule is COc1ccc(C(=O)CCc2ccc[nH]2)cc1OC. The average Bonchev–Trinajstić information content (AvgIpc) is 2.97. The van der Waals surface area contributed by atoms with E-state index >= 15 is 0 Å². The lowest BCUT2D eigenvalue weighted by Crippen LogP contribution is -2.02. The van der Waals surface area contributed by atoms with Crippen molar-refractivity contribution in [3.05, 3.63) is 47.8 Å². The van der Waals surface area contributed by atoms with Crippen LogP contribution in [0.15, 0.2) is 36.5 Å². The first kappa shape index (κ1) is 13.2. The number of methoxy groups -OCH3 is 2. The molecule has 1 heterocycles. The third-order valence-corrected chi connectivity index (χ3v) is 2.99. The van der Waals surface area contributed by atoms with E-state index in [-0.39, 0.29) is 5.78 Å². The molecule has 0 aliphatic rings. The van der Waals surface area contributed by atoms with Gasteiger partial charge in [0.25, 0.3) is 0 Å². The van der Waals surface area contributed by atoms with Gasteiger partial charge in [-0.25, -0.2) is 0 Å². The van der Waals surface area contributed by atoms with Gasteiger partial charge in [-0.15, -0.1) is 0 Å². The van der Waals surface area contributed by atoms with E-state index in [1.807, 2.05) is 18.3 Å². The van der Waals surface area contributed by atoms with Crippen molar-refractivity contribution in [2.45, 2.75) is 12.8 Å². The number of rotatable bonds is 6. The summed E-state index contributed by atoms with van der Waals surface area (Å²) in [6.07, 6.45) is 3.03. The average molecular weight is 259 g/mol. The molecular weight excluding hydrogens is 242 g/mol. The molecule has 1 aromatic carbocycles. The Hall–Kier alpha value is -2.23. The van der Waals surface area contributed by atoms with Crippen LogP contribution in [0, 0.1) is 0 Å². The lowest BCUT2D eigenvalue weighted by Gasteiger charge is -2.08. The third kappa shape index (κ3) is 3.16. The fourth-order valence-corrected chi connectivity index (χ4v) is 1.93. The van der Waals surface area contributed by atoms with Crippen LogP contribution in [0.4, 0.5) is 0 Å². The first-order valence-electron chi connectivity index (χ1n) is 6.12. The Balaban J connectivity index is 2.06. The molecule has 2 rings (SSSR count). The highest BCUT2D eigenvalue weighted by Crippen LogP contribution is 2.28. The van der Waals surface area contributed by atoms with Crippen LogP contribution in [0.5, 0.6) is 11.5 Å². The topological polar surface area (TPSA) is 51.3 Å². The fraction of sp³-hybridized carbons (Fsp3) is 0.267. The Kier molecular flexibility index (Phi) is 4.23. The zero-order valence-corrected chi connectivity index (χ0v) is 11.1. The highest BCUT2D eigenvalue weighted by molar-refractivity contribution is 5.96. The monoisotopic (exact) mass is 259 g/mol. The van der Waals surface area contributed by atoms with E-state index in [0.29, 0.717) is 29.9 Å². The molecule has 0 aliphatic heterocycles. The van der Waals surface area contributed by atoms with Crippen LogP contribution in [0.3, 0.4) is 0 Å². The van der Waals surface area contributed by atoms with Gasteiger partial charge in [-0.1, -0.05) is 0 Å². The first-order valence-corrected chi connectivity index (χ1v) is 6.12. The summed E-state index contributed by atoms with van der Waals surface area (Å²) in [4.78, 5) is 15.2. The van der Waals surface area contributed by atoms with Gasteiger partial charge < -0.3 is 14.5 Å². The van der Waals surface area contributed by atoms with Crippen LogP contribution in [-0.4, -0.2) is 25.0 Å². The van der Waals surface area contributed by atoms with Crippen LogP contribution < -0.4 is 9.47 Å². The number of H-pyrrole nitrogens is 1. The largest absolute Gasteiger partial charge is 0.493 e. The number of aromatic amines is 1. The molecule has 0 fully saturated rings. The van der Waals surface area contributed by atoms with E-state index in [2.05, 4.69) is 4.98 Å². The second-order valence-electron chi connectivity index (χ2n) is 4.19. The van der Waals surface area contributed by atoms with Crippen LogP contribution in [-0.2, 0) is 6.42 Å². The van der Waals surface area contributed by atoms with E-state index in [0.717, 1.165) is 5.69 Å². The zero-order valence-electron chi connectivity index (χ0n) is 11.1. The maximum atomic E-state index is 12.1. The number of ether oxygens (including phenoxy) is 2. The summed E-state index contributed by atoms with van der Waals surface area (Å²) < 4.78 is 10.3. The standard InChI is InChI=1S/C15H17NO3/c1-18-14-8-5-11(10-15(14)19-2)13(17)7-6-12-4-3-9-16-12/h3-5,8-10,16H,6-7H2,1-2H3. The van der Waals surface area contributed by atoms with Gasteiger partial charge in [0.15, 0.2) is 17.3 Å². The summed E-state index contributed by atoms with van der Waals surface area (Å²) in [7, 11) is 3.13. The molecule has 0 atom stereocenters. The number of aryl methyl sites for hydroxylation is 1. The van der Waals surface area contributed by atoms with E-state index in [9.17, 15) is 4.79 Å². The minimum absolute atomic E-state index is 0.0931. The Morgan fingerprint density at radius 1 is 1.16 bits per heavy atom. The number of carbonyl (C=O) groups excluding carboxylic acids is 1. The molecule has 0 aliphatic carbocycles. The molecule has 0 unspecified atom stereocenters. The second-order valence-corrected chi connectivity index (χ2v) is 4.19. The molecule has 1 aromatic heterocycles. The number of hydrogen-bond donors (Lipinski definition) is 1. The van der Waals surface area contributed by atoms with Crippen LogP contribution >= 0.6 is 0 Å². The lowest BCUT2D eigenvalue weighted by atomic mass is 10.0. The van der Waals surface area contributed by atoms with Gasteiger partial charge in [0.2, 0.25) is 0 Å². The third-order valence-electron chi connectivity index (χ3n) is 2.99. The van der Waals surface area contributed by atoms with Gasteiger partial charge in [-0.05, 0) is 36.8 Å². The molecule has 0 radical (unpaired) electrons. The summed E-state index contributed by atoms with van der Waals surface area (Å²) in [5.74, 6) is 1.30. The van der Waals surface area contributed by atoms with Crippen molar-refractivity contribution in [3.63, 3.8) is 0 Å². The van der Waals surface area contributed by atoms with E-state index in [4.69, 9.17) is 9.47 Å². The van der Waals surface area contributed by atoms with Gasteiger partial charge in [0.1, 0.15) is 0 Å². The molecule has 0 bridgehead atoms. The quantitative estimate of drug-likeness (QED) is 0.811. The van der Waals surface area contributed by atoms with Crippen LogP contribution in [0.1, 0.15) is 22.5 Å². The Morgan fingerprint density at radius 2 is 1.95 bits per heavy atom. The van der Waals surface area contributed by atoms with Crippen LogP contribution in [0.2, 0.25) is 0 Å². The van der Waals surface area contributed by atoms with Crippen molar-refractivity contribution in [2.75, 3.05) is 14.2 Å². The van der Waals surface area contributed by atoms with E-state index in [1.165, 1.54) is 0 Å². The van der Waals surface area contributed by atoms with E-state index < -0.39 is 0 Å². The Morgan fingerprint density at radius 3 is 2.58 bits per heavy atom. The van der Waals surface area contributed by atoms with Gasteiger partial charge in [0.05, 0.1) is 14.2 Å². The van der Waals surface area contributed by atoms with Crippen molar-refractivity contribution in [1.82, 2.24) is 4.98 Å². The molecule has 100 valence electrons. The molecular formula is C15H17NO3. The Bertz CT molecular complexity index is 547. The second kappa shape index (κ2) is 6.09. The summed E-state index contributed by atoms with van der Waals surface area (Å²) >= 11 is 0. The molecule has 0 saturated carbocycles. The number of benzene rings is 1. The zero-order chi connectivity index (χ0) is 13.7. The lowest BCUT2D eigenvalue weighted by molar-refractivity contribution is 0.0982. The summed E-state index contributed by atoms with van der Waals surface area (Å²) in [6, 6.07) is 9.13. The maximum absolute atomic E-state index is 12.1. The van der Waals surface area contributed by atoms with Gasteiger partial charge >= 0.3 is 0 Å². The van der Waals surface area contributed by atoms with Gasteiger partial charge in [0, 0.05) is 23.9 Å². The van der Waals surface area contributed by atoms with Gasteiger partial charge in [-0.3, -0.25) is 4.79 Å². The maximum Gasteiger partial charge on any atom is 0.163 e. The normalized spacial score (nSPS) is 10.2. The van der Waals surface area contributed by atoms with Crippen molar-refractivity contribution in [1.29, 1.82) is 0 Å². The molecule has 0 amide bonds. The highest BCUT2D eigenvalue weighted by atomic mass is 16.5. The summed E-state index contributed by atoms with van der Waals surface area (Å²) in [5.41, 5.74) is 1.71. The summed E-state index contributed by atoms with van der Waals surface area (Å²) in [5, 5.41) is 0. The Labute approximate surface area is 112 Å². The minimum atomic E-state index is 0.0931. The molecule has 0 spiro atoms. The fourth-order valence-electron chi connectivity index (χ4n) is 1.93. The number of Topliss-reactive ketones (excluding diaryl/α,β-unsaturated/α-hetero) is 1. The molecule has 4 nitrogen and oxygen atoms in total. The first-order chi connectivity index (χ1) is 9.24.